The van der Waals surface area contributed by atoms with E-state index in [1.165, 1.54) is 23.5 Å². The molecule has 0 bridgehead atoms. The maximum atomic E-state index is 14.3. The highest BCUT2D eigenvalue weighted by Gasteiger charge is 2.24. The second-order valence-electron chi connectivity index (χ2n) is 7.28. The fourth-order valence-electron chi connectivity index (χ4n) is 3.75. The summed E-state index contributed by atoms with van der Waals surface area (Å²) >= 11 is 1.48. The topological polar surface area (TPSA) is 70.5 Å². The third-order valence-corrected chi connectivity index (χ3v) is 6.21. The molecule has 2 aromatic heterocycles. The zero-order valence-electron chi connectivity index (χ0n) is 16.6. The van der Waals surface area contributed by atoms with E-state index in [1.54, 1.807) is 27.7 Å². The summed E-state index contributed by atoms with van der Waals surface area (Å²) in [6, 6.07) is 17.9. The molecule has 0 N–H and O–H groups in total. The molecular formula is C23H15FN6OS. The number of thiophene rings is 1. The highest BCUT2D eigenvalue weighted by atomic mass is 32.1. The van der Waals surface area contributed by atoms with Gasteiger partial charge in [-0.15, -0.1) is 11.3 Å². The number of fused-ring (bicyclic) bond motifs is 3. The summed E-state index contributed by atoms with van der Waals surface area (Å²) in [6.07, 6.45) is 3.62. The van der Waals surface area contributed by atoms with Crippen molar-refractivity contribution in [3.05, 3.63) is 100 Å². The minimum absolute atomic E-state index is 0.112. The molecule has 156 valence electrons. The number of para-hydroxylation sites is 1. The van der Waals surface area contributed by atoms with Crippen molar-refractivity contribution in [1.29, 1.82) is 0 Å². The Bertz CT molecular complexity index is 1580. The van der Waals surface area contributed by atoms with Gasteiger partial charge in [0.2, 0.25) is 0 Å². The number of hydrogen-bond acceptors (Lipinski definition) is 5. The van der Waals surface area contributed by atoms with Crippen LogP contribution in [-0.2, 0) is 6.54 Å². The zero-order chi connectivity index (χ0) is 21.7. The van der Waals surface area contributed by atoms with Gasteiger partial charge in [-0.25, -0.2) is 9.07 Å². The molecule has 0 fully saturated rings. The molecule has 32 heavy (non-hydrogen) atoms. The van der Waals surface area contributed by atoms with E-state index in [0.717, 1.165) is 26.1 Å². The van der Waals surface area contributed by atoms with E-state index >= 15 is 0 Å². The third-order valence-electron chi connectivity index (χ3n) is 5.30. The third kappa shape index (κ3) is 2.94. The smallest absolute Gasteiger partial charge is 0.265 e. The van der Waals surface area contributed by atoms with Crippen LogP contribution >= 0.6 is 11.3 Å². The van der Waals surface area contributed by atoms with Crippen LogP contribution in [-0.4, -0.2) is 29.3 Å². The van der Waals surface area contributed by atoms with Gasteiger partial charge in [0, 0.05) is 12.4 Å². The molecule has 0 saturated heterocycles. The summed E-state index contributed by atoms with van der Waals surface area (Å²) in [5.74, 6) is -0.509. The quantitative estimate of drug-likeness (QED) is 0.412. The fourth-order valence-corrected chi connectivity index (χ4v) is 4.63. The summed E-state index contributed by atoms with van der Waals surface area (Å²) < 4.78 is 19.8. The number of hydrogen-bond donors (Lipinski definition) is 0. The molecule has 0 aliphatic carbocycles. The molecule has 2 aliphatic rings. The first-order valence-electron chi connectivity index (χ1n) is 9.90. The normalized spacial score (nSPS) is 11.5. The zero-order valence-corrected chi connectivity index (χ0v) is 17.4. The Morgan fingerprint density at radius 2 is 1.78 bits per heavy atom. The average Bonchev–Trinajstić information content (AvgIpc) is 3.56. The van der Waals surface area contributed by atoms with Gasteiger partial charge < -0.3 is 0 Å². The van der Waals surface area contributed by atoms with E-state index in [4.69, 9.17) is 0 Å². The summed E-state index contributed by atoms with van der Waals surface area (Å²) in [6.45, 7) is 0.479. The molecule has 0 amide bonds. The van der Waals surface area contributed by atoms with E-state index in [9.17, 15) is 9.18 Å². The lowest BCUT2D eigenvalue weighted by Crippen LogP contribution is -2.18. The number of aromatic nitrogens is 6. The molecule has 4 aromatic rings. The molecule has 7 nitrogen and oxygen atoms in total. The van der Waals surface area contributed by atoms with Crippen molar-refractivity contribution >= 4 is 21.6 Å². The fraction of sp³-hybridized carbons (Fsp3) is 0.0435. The number of halogens is 1. The molecule has 2 aliphatic heterocycles. The molecule has 2 aromatic carbocycles. The van der Waals surface area contributed by atoms with Gasteiger partial charge in [-0.3, -0.25) is 9.48 Å². The van der Waals surface area contributed by atoms with Gasteiger partial charge in [0.05, 0.1) is 22.4 Å². The maximum absolute atomic E-state index is 14.3. The van der Waals surface area contributed by atoms with Crippen LogP contribution in [0.15, 0.2) is 83.2 Å². The lowest BCUT2D eigenvalue weighted by atomic mass is 10.2. The first-order valence-corrected chi connectivity index (χ1v) is 10.8. The van der Waals surface area contributed by atoms with Crippen molar-refractivity contribution in [3.8, 4) is 22.8 Å². The number of rotatable bonds is 4. The van der Waals surface area contributed by atoms with Crippen molar-refractivity contribution in [2.24, 2.45) is 0 Å². The summed E-state index contributed by atoms with van der Waals surface area (Å²) in [7, 11) is 0. The van der Waals surface area contributed by atoms with E-state index in [-0.39, 0.29) is 11.4 Å². The molecule has 4 heterocycles. The first-order chi connectivity index (χ1) is 15.7. The van der Waals surface area contributed by atoms with Gasteiger partial charge >= 0.3 is 5.56 Å². The van der Waals surface area contributed by atoms with Crippen molar-refractivity contribution in [2.75, 3.05) is 0 Å². The van der Waals surface area contributed by atoms with Gasteiger partial charge in [0.1, 0.15) is 17.2 Å². The van der Waals surface area contributed by atoms with Crippen LogP contribution in [0.4, 0.5) is 4.39 Å². The Labute approximate surface area is 184 Å². The minimum Gasteiger partial charge on any atom is -0.265 e. The van der Waals surface area contributed by atoms with E-state index in [2.05, 4.69) is 15.3 Å². The standard InChI is InChI=1S/C23H15FN6OS/c24-17-4-1-2-5-18(17)30-23(31)21-20(27-30)22-19(10-13-32-22)29(26-21)14-15-6-8-16(9-7-15)28-12-3-11-25-28/h1-13H,14H2. The van der Waals surface area contributed by atoms with Crippen molar-refractivity contribution < 1.29 is 4.39 Å². The Balaban J connectivity index is 1.46. The second kappa shape index (κ2) is 7.24. The molecule has 6 rings (SSSR count). The van der Waals surface area contributed by atoms with Crippen LogP contribution in [0.1, 0.15) is 5.56 Å². The van der Waals surface area contributed by atoms with Crippen LogP contribution in [0, 0.1) is 5.82 Å². The van der Waals surface area contributed by atoms with Gasteiger partial charge in [0.25, 0.3) is 0 Å². The Morgan fingerprint density at radius 3 is 2.56 bits per heavy atom. The van der Waals surface area contributed by atoms with Crippen LogP contribution < -0.4 is 5.56 Å². The maximum Gasteiger partial charge on any atom is 0.301 e. The first kappa shape index (κ1) is 18.6. The number of nitrogens with zero attached hydrogens (tertiary/aromatic N) is 6. The van der Waals surface area contributed by atoms with Crippen molar-refractivity contribution in [1.82, 2.24) is 29.3 Å². The molecule has 0 spiro atoms. The molecule has 0 unspecified atom stereocenters. The molecule has 0 atom stereocenters. The average molecular weight is 442 g/mol. The van der Waals surface area contributed by atoms with E-state index in [0.29, 0.717) is 12.2 Å². The SMILES string of the molecule is O=c1c2nn(Cc3ccc(-n4cccn4)cc3)c3ccsc3c-2nn1-c1ccccc1F. The monoisotopic (exact) mass is 442 g/mol. The van der Waals surface area contributed by atoms with Crippen LogP contribution in [0.25, 0.3) is 33.0 Å². The van der Waals surface area contributed by atoms with Gasteiger partial charge in [-0.2, -0.15) is 20.0 Å². The van der Waals surface area contributed by atoms with Gasteiger partial charge in [0.15, 0.2) is 5.69 Å². The van der Waals surface area contributed by atoms with Crippen molar-refractivity contribution in [2.45, 2.75) is 6.54 Å². The van der Waals surface area contributed by atoms with E-state index < -0.39 is 11.4 Å². The summed E-state index contributed by atoms with van der Waals surface area (Å²) in [5, 5.41) is 15.2. The molecule has 9 heteroatoms. The molecular weight excluding hydrogens is 427 g/mol. The lowest BCUT2D eigenvalue weighted by molar-refractivity contribution is 0.609. The Kier molecular flexibility index (Phi) is 4.22. The molecule has 0 radical (unpaired) electrons. The van der Waals surface area contributed by atoms with E-state index in [1.807, 2.05) is 48.0 Å². The Morgan fingerprint density at radius 1 is 0.938 bits per heavy atom. The second-order valence-corrected chi connectivity index (χ2v) is 8.19. The summed E-state index contributed by atoms with van der Waals surface area (Å²) in [4.78, 5) is 13.1. The van der Waals surface area contributed by atoms with Gasteiger partial charge in [-0.05, 0) is 47.3 Å². The Hall–Kier alpha value is -4.11. The highest BCUT2D eigenvalue weighted by molar-refractivity contribution is 7.17. The predicted octanol–water partition coefficient (Wildman–Crippen LogP) is 4.12. The summed E-state index contributed by atoms with van der Waals surface area (Å²) in [5.41, 5.74) is 3.23. The minimum atomic E-state index is -0.509. The van der Waals surface area contributed by atoms with Crippen LogP contribution in [0.5, 0.6) is 0 Å². The van der Waals surface area contributed by atoms with Crippen molar-refractivity contribution in [3.63, 3.8) is 0 Å². The largest absolute Gasteiger partial charge is 0.301 e. The van der Waals surface area contributed by atoms with Gasteiger partial charge in [-0.1, -0.05) is 24.3 Å². The van der Waals surface area contributed by atoms with Crippen LogP contribution in [0.2, 0.25) is 0 Å². The number of benzene rings is 2. The lowest BCUT2D eigenvalue weighted by Gasteiger charge is -2.10. The highest BCUT2D eigenvalue weighted by Crippen LogP contribution is 2.31. The molecule has 0 saturated carbocycles. The predicted molar refractivity (Wildman–Crippen MR) is 120 cm³/mol. The van der Waals surface area contributed by atoms with Crippen LogP contribution in [0.3, 0.4) is 0 Å².